The van der Waals surface area contributed by atoms with Crippen LogP contribution in [0.5, 0.6) is 0 Å². The molecule has 1 aliphatic carbocycles. The normalized spacial score (nSPS) is 22.7. The highest BCUT2D eigenvalue weighted by Gasteiger charge is 2.34. The molecule has 1 aliphatic rings. The highest BCUT2D eigenvalue weighted by atomic mass is 35.5. The Balaban J connectivity index is 1.94. The summed E-state index contributed by atoms with van der Waals surface area (Å²) in [5, 5.41) is 9.26. The van der Waals surface area contributed by atoms with Gasteiger partial charge in [-0.15, -0.1) is 0 Å². The van der Waals surface area contributed by atoms with E-state index >= 15 is 0 Å². The van der Waals surface area contributed by atoms with Gasteiger partial charge >= 0.3 is 0 Å². The van der Waals surface area contributed by atoms with Crippen LogP contribution in [0.1, 0.15) is 12.8 Å². The largest absolute Gasteiger partial charge is 0.393 e. The fourth-order valence-electron chi connectivity index (χ4n) is 2.63. The zero-order valence-corrected chi connectivity index (χ0v) is 13.0. The standard InChI is InChI=1S/C13H16ClN3O3S/c1-16(8-9-6-10(18)7-9)21(19,20)13-12(14)15-11-4-2-3-5-17(11)13/h2-5,9-10,18H,6-8H2,1H3. The maximum atomic E-state index is 12.7. The lowest BCUT2D eigenvalue weighted by Gasteiger charge is -2.33. The van der Waals surface area contributed by atoms with Gasteiger partial charge in [-0.3, -0.25) is 4.40 Å². The second-order valence-electron chi connectivity index (χ2n) is 5.41. The van der Waals surface area contributed by atoms with Crippen molar-refractivity contribution in [2.24, 2.45) is 5.92 Å². The van der Waals surface area contributed by atoms with Crippen molar-refractivity contribution in [3.05, 3.63) is 29.5 Å². The molecule has 0 saturated heterocycles. The summed E-state index contributed by atoms with van der Waals surface area (Å²) in [6, 6.07) is 5.20. The smallest absolute Gasteiger partial charge is 0.262 e. The molecule has 0 aromatic carbocycles. The predicted octanol–water partition coefficient (Wildman–Crippen LogP) is 1.38. The van der Waals surface area contributed by atoms with Gasteiger partial charge in [-0.05, 0) is 30.9 Å². The lowest BCUT2D eigenvalue weighted by molar-refractivity contribution is 0.0367. The molecule has 114 valence electrons. The number of imidazole rings is 1. The Hall–Kier alpha value is -1.15. The van der Waals surface area contributed by atoms with Crippen LogP contribution in [0.4, 0.5) is 0 Å². The van der Waals surface area contributed by atoms with Crippen molar-refractivity contribution in [1.29, 1.82) is 0 Å². The molecule has 0 spiro atoms. The molecule has 0 amide bonds. The Morgan fingerprint density at radius 2 is 2.19 bits per heavy atom. The van der Waals surface area contributed by atoms with E-state index in [4.69, 9.17) is 11.6 Å². The zero-order chi connectivity index (χ0) is 15.2. The third kappa shape index (κ3) is 2.55. The number of aliphatic hydroxyl groups excluding tert-OH is 1. The van der Waals surface area contributed by atoms with E-state index in [1.54, 1.807) is 24.4 Å². The molecular weight excluding hydrogens is 314 g/mol. The van der Waals surface area contributed by atoms with Crippen LogP contribution in [0, 0.1) is 5.92 Å². The van der Waals surface area contributed by atoms with Crippen molar-refractivity contribution in [2.45, 2.75) is 24.0 Å². The van der Waals surface area contributed by atoms with Crippen LogP contribution in [0.2, 0.25) is 5.15 Å². The average Bonchev–Trinajstić information content (AvgIpc) is 2.73. The van der Waals surface area contributed by atoms with Gasteiger partial charge in [0.25, 0.3) is 10.0 Å². The van der Waals surface area contributed by atoms with Crippen molar-refractivity contribution < 1.29 is 13.5 Å². The molecule has 2 heterocycles. The summed E-state index contributed by atoms with van der Waals surface area (Å²) in [6.45, 7) is 0.371. The first-order valence-electron chi connectivity index (χ1n) is 6.66. The van der Waals surface area contributed by atoms with Crippen molar-refractivity contribution in [1.82, 2.24) is 13.7 Å². The molecular formula is C13H16ClN3O3S. The quantitative estimate of drug-likeness (QED) is 0.919. The summed E-state index contributed by atoms with van der Waals surface area (Å²) < 4.78 is 28.2. The molecule has 0 unspecified atom stereocenters. The van der Waals surface area contributed by atoms with Crippen LogP contribution in [-0.4, -0.2) is 46.9 Å². The number of nitrogens with zero attached hydrogens (tertiary/aromatic N) is 3. The molecule has 2 aromatic heterocycles. The molecule has 0 radical (unpaired) electrons. The Morgan fingerprint density at radius 3 is 2.86 bits per heavy atom. The number of hydrogen-bond donors (Lipinski definition) is 1. The monoisotopic (exact) mass is 329 g/mol. The summed E-state index contributed by atoms with van der Waals surface area (Å²) in [5.41, 5.74) is 0.494. The lowest BCUT2D eigenvalue weighted by atomic mass is 9.82. The minimum absolute atomic E-state index is 0.0119. The van der Waals surface area contributed by atoms with E-state index in [2.05, 4.69) is 4.98 Å². The van der Waals surface area contributed by atoms with E-state index in [1.807, 2.05) is 0 Å². The highest BCUT2D eigenvalue weighted by Crippen LogP contribution is 2.30. The van der Waals surface area contributed by atoms with Gasteiger partial charge in [-0.25, -0.2) is 13.4 Å². The van der Waals surface area contributed by atoms with E-state index < -0.39 is 10.0 Å². The van der Waals surface area contributed by atoms with Gasteiger partial charge in [-0.2, -0.15) is 4.31 Å². The van der Waals surface area contributed by atoms with E-state index in [9.17, 15) is 13.5 Å². The van der Waals surface area contributed by atoms with Gasteiger partial charge < -0.3 is 5.11 Å². The van der Waals surface area contributed by atoms with E-state index in [0.717, 1.165) is 0 Å². The lowest BCUT2D eigenvalue weighted by Crippen LogP contribution is -2.39. The maximum absolute atomic E-state index is 12.7. The van der Waals surface area contributed by atoms with Gasteiger partial charge in [0.15, 0.2) is 10.2 Å². The van der Waals surface area contributed by atoms with E-state index in [1.165, 1.54) is 15.8 Å². The number of sulfonamides is 1. The molecule has 21 heavy (non-hydrogen) atoms. The highest BCUT2D eigenvalue weighted by molar-refractivity contribution is 7.89. The van der Waals surface area contributed by atoms with E-state index in [0.29, 0.717) is 25.0 Å². The summed E-state index contributed by atoms with van der Waals surface area (Å²) in [4.78, 5) is 4.07. The number of pyridine rings is 1. The number of hydrogen-bond acceptors (Lipinski definition) is 4. The number of fused-ring (bicyclic) bond motifs is 1. The van der Waals surface area contributed by atoms with Gasteiger partial charge in [0.05, 0.1) is 6.10 Å². The Morgan fingerprint density at radius 1 is 1.48 bits per heavy atom. The minimum Gasteiger partial charge on any atom is -0.393 e. The molecule has 8 heteroatoms. The summed E-state index contributed by atoms with van der Waals surface area (Å²) in [7, 11) is -2.19. The summed E-state index contributed by atoms with van der Waals surface area (Å²) in [6.07, 6.45) is 2.61. The fraction of sp³-hybridized carbons (Fsp3) is 0.462. The molecule has 1 fully saturated rings. The molecule has 0 bridgehead atoms. The second kappa shape index (κ2) is 5.24. The van der Waals surface area contributed by atoms with Crippen LogP contribution in [0.15, 0.2) is 29.4 Å². The van der Waals surface area contributed by atoms with Crippen LogP contribution in [0.25, 0.3) is 5.65 Å². The predicted molar refractivity (Wildman–Crippen MR) is 78.7 cm³/mol. The Labute approximate surface area is 128 Å². The SMILES string of the molecule is CN(CC1CC(O)C1)S(=O)(=O)c1c(Cl)nc2ccccn12. The van der Waals surface area contributed by atoms with Gasteiger partial charge in [0.2, 0.25) is 0 Å². The number of rotatable bonds is 4. The van der Waals surface area contributed by atoms with Crippen LogP contribution < -0.4 is 0 Å². The van der Waals surface area contributed by atoms with Gasteiger partial charge in [0, 0.05) is 19.8 Å². The first-order valence-corrected chi connectivity index (χ1v) is 8.48. The maximum Gasteiger partial charge on any atom is 0.262 e. The average molecular weight is 330 g/mol. The molecule has 2 aromatic rings. The minimum atomic E-state index is -3.72. The van der Waals surface area contributed by atoms with Crippen molar-refractivity contribution in [2.75, 3.05) is 13.6 Å². The van der Waals surface area contributed by atoms with Crippen LogP contribution >= 0.6 is 11.6 Å². The Kier molecular flexibility index (Phi) is 3.69. The number of aliphatic hydroxyl groups is 1. The fourth-order valence-corrected chi connectivity index (χ4v) is 4.47. The molecule has 1 N–H and O–H groups in total. The first kappa shape index (κ1) is 14.8. The molecule has 3 rings (SSSR count). The molecule has 6 nitrogen and oxygen atoms in total. The van der Waals surface area contributed by atoms with Crippen molar-refractivity contribution in [3.63, 3.8) is 0 Å². The van der Waals surface area contributed by atoms with E-state index in [-0.39, 0.29) is 22.2 Å². The zero-order valence-electron chi connectivity index (χ0n) is 11.5. The van der Waals surface area contributed by atoms with Crippen molar-refractivity contribution >= 4 is 27.3 Å². The van der Waals surface area contributed by atoms with Gasteiger partial charge in [-0.1, -0.05) is 17.7 Å². The first-order chi connectivity index (χ1) is 9.89. The second-order valence-corrected chi connectivity index (χ2v) is 7.73. The van der Waals surface area contributed by atoms with Crippen molar-refractivity contribution in [3.8, 4) is 0 Å². The third-order valence-corrected chi connectivity index (χ3v) is 6.05. The van der Waals surface area contributed by atoms with Gasteiger partial charge in [0.1, 0.15) is 5.65 Å². The Bertz CT molecular complexity index is 768. The van der Waals surface area contributed by atoms with Crippen LogP contribution in [0.3, 0.4) is 0 Å². The molecule has 0 aliphatic heterocycles. The third-order valence-electron chi connectivity index (χ3n) is 3.83. The summed E-state index contributed by atoms with van der Waals surface area (Å²) in [5.74, 6) is 0.192. The topological polar surface area (TPSA) is 74.9 Å². The summed E-state index contributed by atoms with van der Waals surface area (Å²) >= 11 is 6.03. The number of aromatic nitrogens is 2. The number of halogens is 1. The van der Waals surface area contributed by atoms with Crippen LogP contribution in [-0.2, 0) is 10.0 Å². The molecule has 0 atom stereocenters. The molecule has 1 saturated carbocycles.